The molecular weight excluding hydrogens is 279 g/mol. The van der Waals surface area contributed by atoms with Gasteiger partial charge in [-0.3, -0.25) is 0 Å². The molecule has 0 fully saturated rings. The van der Waals surface area contributed by atoms with Gasteiger partial charge in [0.25, 0.3) is 0 Å². The van der Waals surface area contributed by atoms with Crippen LogP contribution in [0.2, 0.25) is 5.02 Å². The van der Waals surface area contributed by atoms with Crippen LogP contribution in [0.5, 0.6) is 0 Å². The van der Waals surface area contributed by atoms with Crippen LogP contribution >= 0.6 is 23.2 Å². The summed E-state index contributed by atoms with van der Waals surface area (Å²) in [6.45, 7) is 2.55. The molecule has 0 aromatic heterocycles. The number of benzene rings is 2. The molecule has 0 amide bonds. The molecule has 0 saturated carbocycles. The molecule has 19 heavy (non-hydrogen) atoms. The van der Waals surface area contributed by atoms with Gasteiger partial charge in [0, 0.05) is 10.9 Å². The second-order valence-electron chi connectivity index (χ2n) is 4.44. The van der Waals surface area contributed by atoms with Gasteiger partial charge in [0.05, 0.1) is 6.61 Å². The van der Waals surface area contributed by atoms with Crippen LogP contribution in [0.1, 0.15) is 18.1 Å². The summed E-state index contributed by atoms with van der Waals surface area (Å²) < 4.78 is 6.02. The molecule has 100 valence electrons. The van der Waals surface area contributed by atoms with Crippen LogP contribution in [0.15, 0.2) is 54.6 Å². The molecule has 1 nitrogen and oxygen atoms in total. The third kappa shape index (κ3) is 3.30. The number of alkyl halides is 1. The summed E-state index contributed by atoms with van der Waals surface area (Å²) in [5.74, 6) is 0.468. The van der Waals surface area contributed by atoms with Gasteiger partial charge in [-0.1, -0.05) is 54.1 Å². The van der Waals surface area contributed by atoms with Crippen molar-refractivity contribution in [3.63, 3.8) is 0 Å². The highest BCUT2D eigenvalue weighted by molar-refractivity contribution is 6.30. The SMILES string of the molecule is CC(OCCCl)(c1ccccc1)c1ccc(Cl)cc1. The van der Waals surface area contributed by atoms with Crippen molar-refractivity contribution in [3.05, 3.63) is 70.7 Å². The molecule has 0 spiro atoms. The summed E-state index contributed by atoms with van der Waals surface area (Å²) in [7, 11) is 0. The summed E-state index contributed by atoms with van der Waals surface area (Å²) in [4.78, 5) is 0. The van der Waals surface area contributed by atoms with Gasteiger partial charge in [-0.15, -0.1) is 11.6 Å². The molecule has 0 radical (unpaired) electrons. The molecular formula is C16H16Cl2O. The average Bonchev–Trinajstić information content (AvgIpc) is 2.46. The second-order valence-corrected chi connectivity index (χ2v) is 5.26. The Morgan fingerprint density at radius 2 is 1.53 bits per heavy atom. The molecule has 0 bridgehead atoms. The Bertz CT molecular complexity index is 510. The van der Waals surface area contributed by atoms with Crippen molar-refractivity contribution in [2.24, 2.45) is 0 Å². The van der Waals surface area contributed by atoms with E-state index >= 15 is 0 Å². The zero-order valence-electron chi connectivity index (χ0n) is 10.8. The van der Waals surface area contributed by atoms with E-state index in [1.54, 1.807) is 0 Å². The molecule has 1 unspecified atom stereocenters. The highest BCUT2D eigenvalue weighted by Gasteiger charge is 2.29. The molecule has 2 aromatic carbocycles. The summed E-state index contributed by atoms with van der Waals surface area (Å²) in [6.07, 6.45) is 0. The Balaban J connectivity index is 2.42. The van der Waals surface area contributed by atoms with E-state index in [0.717, 1.165) is 16.1 Å². The Hall–Kier alpha value is -1.02. The van der Waals surface area contributed by atoms with Crippen molar-refractivity contribution in [1.29, 1.82) is 0 Å². The van der Waals surface area contributed by atoms with Gasteiger partial charge in [0.15, 0.2) is 0 Å². The van der Waals surface area contributed by atoms with Gasteiger partial charge >= 0.3 is 0 Å². The van der Waals surface area contributed by atoms with Crippen LogP contribution in [-0.4, -0.2) is 12.5 Å². The molecule has 0 aliphatic heterocycles. The van der Waals surface area contributed by atoms with Crippen molar-refractivity contribution in [3.8, 4) is 0 Å². The van der Waals surface area contributed by atoms with Crippen LogP contribution in [0.3, 0.4) is 0 Å². The van der Waals surface area contributed by atoms with Gasteiger partial charge in [0.1, 0.15) is 5.60 Å². The van der Waals surface area contributed by atoms with Crippen LogP contribution in [0, 0.1) is 0 Å². The Morgan fingerprint density at radius 3 is 2.11 bits per heavy atom. The fourth-order valence-corrected chi connectivity index (χ4v) is 2.30. The largest absolute Gasteiger partial charge is 0.365 e. The topological polar surface area (TPSA) is 9.23 Å². The molecule has 0 heterocycles. The zero-order chi connectivity index (χ0) is 13.7. The fourth-order valence-electron chi connectivity index (χ4n) is 2.10. The lowest BCUT2D eigenvalue weighted by molar-refractivity contribution is 0.00525. The molecule has 0 aliphatic rings. The molecule has 2 aromatic rings. The van der Waals surface area contributed by atoms with E-state index in [0.29, 0.717) is 12.5 Å². The predicted octanol–water partition coefficient (Wildman–Crippen LogP) is 4.86. The summed E-state index contributed by atoms with van der Waals surface area (Å²) in [6, 6.07) is 17.9. The standard InChI is InChI=1S/C16H16Cl2O/c1-16(19-12-11-17,13-5-3-2-4-6-13)14-7-9-15(18)10-8-14/h2-10H,11-12H2,1H3. The first-order valence-corrected chi connectivity index (χ1v) is 7.09. The first-order chi connectivity index (χ1) is 9.16. The first-order valence-electron chi connectivity index (χ1n) is 6.18. The third-order valence-corrected chi connectivity index (χ3v) is 3.59. The summed E-state index contributed by atoms with van der Waals surface area (Å²) in [5.41, 5.74) is 1.65. The minimum absolute atomic E-state index is 0.468. The number of hydrogen-bond acceptors (Lipinski definition) is 1. The van der Waals surface area contributed by atoms with Crippen molar-refractivity contribution in [2.45, 2.75) is 12.5 Å². The van der Waals surface area contributed by atoms with E-state index < -0.39 is 5.60 Å². The molecule has 0 saturated heterocycles. The van der Waals surface area contributed by atoms with Crippen molar-refractivity contribution < 1.29 is 4.74 Å². The number of rotatable bonds is 5. The molecule has 3 heteroatoms. The minimum atomic E-state index is -0.513. The lowest BCUT2D eigenvalue weighted by Gasteiger charge is -2.31. The predicted molar refractivity (Wildman–Crippen MR) is 81.0 cm³/mol. The summed E-state index contributed by atoms with van der Waals surface area (Å²) >= 11 is 11.7. The van der Waals surface area contributed by atoms with Crippen LogP contribution in [0.25, 0.3) is 0 Å². The summed E-state index contributed by atoms with van der Waals surface area (Å²) in [5, 5.41) is 0.719. The molecule has 0 N–H and O–H groups in total. The van der Waals surface area contributed by atoms with Crippen molar-refractivity contribution >= 4 is 23.2 Å². The molecule has 0 aliphatic carbocycles. The maximum absolute atomic E-state index is 6.02. The fraction of sp³-hybridized carbons (Fsp3) is 0.250. The maximum Gasteiger partial charge on any atom is 0.115 e. The average molecular weight is 295 g/mol. The zero-order valence-corrected chi connectivity index (χ0v) is 12.3. The lowest BCUT2D eigenvalue weighted by atomic mass is 9.88. The van der Waals surface area contributed by atoms with Gasteiger partial charge in [0.2, 0.25) is 0 Å². The van der Waals surface area contributed by atoms with E-state index in [1.165, 1.54) is 0 Å². The van der Waals surface area contributed by atoms with Crippen LogP contribution in [-0.2, 0) is 10.3 Å². The van der Waals surface area contributed by atoms with Gasteiger partial charge < -0.3 is 4.74 Å². The van der Waals surface area contributed by atoms with E-state index in [-0.39, 0.29) is 0 Å². The van der Waals surface area contributed by atoms with Gasteiger partial charge in [-0.25, -0.2) is 0 Å². The van der Waals surface area contributed by atoms with Crippen LogP contribution in [0.4, 0.5) is 0 Å². The van der Waals surface area contributed by atoms with Crippen molar-refractivity contribution in [1.82, 2.24) is 0 Å². The monoisotopic (exact) mass is 294 g/mol. The molecule has 2 rings (SSSR count). The maximum atomic E-state index is 6.02. The number of ether oxygens (including phenoxy) is 1. The Kier molecular flexibility index (Phi) is 4.87. The van der Waals surface area contributed by atoms with E-state index in [4.69, 9.17) is 27.9 Å². The Labute approximate surface area is 124 Å². The normalized spacial score (nSPS) is 14.1. The third-order valence-electron chi connectivity index (χ3n) is 3.19. The Morgan fingerprint density at radius 1 is 0.947 bits per heavy atom. The van der Waals surface area contributed by atoms with Gasteiger partial charge in [-0.2, -0.15) is 0 Å². The lowest BCUT2D eigenvalue weighted by Crippen LogP contribution is -2.28. The quantitative estimate of drug-likeness (QED) is 0.716. The smallest absolute Gasteiger partial charge is 0.115 e. The van der Waals surface area contributed by atoms with E-state index in [1.807, 2.05) is 42.5 Å². The highest BCUT2D eigenvalue weighted by atomic mass is 35.5. The van der Waals surface area contributed by atoms with E-state index in [9.17, 15) is 0 Å². The second kappa shape index (κ2) is 6.42. The highest BCUT2D eigenvalue weighted by Crippen LogP contribution is 2.33. The van der Waals surface area contributed by atoms with Crippen LogP contribution < -0.4 is 0 Å². The molecule has 1 atom stereocenters. The number of halogens is 2. The van der Waals surface area contributed by atoms with Crippen molar-refractivity contribution in [2.75, 3.05) is 12.5 Å². The van der Waals surface area contributed by atoms with Gasteiger partial charge in [-0.05, 0) is 30.2 Å². The minimum Gasteiger partial charge on any atom is -0.365 e. The van der Waals surface area contributed by atoms with E-state index in [2.05, 4.69) is 19.1 Å². The first kappa shape index (κ1) is 14.4. The number of hydrogen-bond donors (Lipinski definition) is 0.